The maximum atomic E-state index is 13.5. The van der Waals surface area contributed by atoms with Crippen LogP contribution in [0.5, 0.6) is 0 Å². The number of nitrogen functional groups attached to an aromatic ring is 1. The number of aromatic nitrogens is 3. The molecule has 172 valence electrons. The highest BCUT2D eigenvalue weighted by Gasteiger charge is 2.33. The quantitative estimate of drug-likeness (QED) is 0.586. The summed E-state index contributed by atoms with van der Waals surface area (Å²) in [5.41, 5.74) is 7.75. The van der Waals surface area contributed by atoms with Crippen molar-refractivity contribution < 1.29 is 22.7 Å². The van der Waals surface area contributed by atoms with Gasteiger partial charge in [-0.05, 0) is 48.6 Å². The van der Waals surface area contributed by atoms with E-state index in [1.54, 1.807) is 17.0 Å². The Morgan fingerprint density at radius 3 is 2.61 bits per heavy atom. The molecule has 2 aliphatic rings. The van der Waals surface area contributed by atoms with Crippen molar-refractivity contribution in [3.8, 4) is 0 Å². The Hall–Kier alpha value is -2.98. The number of carbonyl (C=O) groups excluding carboxylic acids is 1. The molecule has 5 rings (SSSR count). The molecule has 1 amide bonds. The Bertz CT molecular complexity index is 1250. The van der Waals surface area contributed by atoms with Crippen LogP contribution >= 0.6 is 11.6 Å². The van der Waals surface area contributed by atoms with Crippen LogP contribution in [0.15, 0.2) is 24.3 Å². The summed E-state index contributed by atoms with van der Waals surface area (Å²) in [4.78, 5) is 19.5. The molecular formula is C22H19ClF3N5O2. The van der Waals surface area contributed by atoms with Crippen LogP contribution in [0.2, 0.25) is 5.02 Å². The topological polar surface area (TPSA) is 94.2 Å². The number of fused-ring (bicyclic) bond motifs is 3. The number of alkyl halides is 3. The van der Waals surface area contributed by atoms with Crippen LogP contribution in [0, 0.1) is 5.92 Å². The number of ether oxygens (including phenoxy) is 1. The number of benzene rings is 1. The van der Waals surface area contributed by atoms with Crippen molar-refractivity contribution in [2.24, 2.45) is 5.92 Å². The van der Waals surface area contributed by atoms with E-state index in [0.29, 0.717) is 37.0 Å². The highest BCUT2D eigenvalue weighted by atomic mass is 35.5. The lowest BCUT2D eigenvalue weighted by Crippen LogP contribution is -2.33. The zero-order chi connectivity index (χ0) is 23.3. The summed E-state index contributed by atoms with van der Waals surface area (Å²) in [7, 11) is 0. The molecule has 1 aliphatic carbocycles. The van der Waals surface area contributed by atoms with E-state index in [0.717, 1.165) is 35.4 Å². The monoisotopic (exact) mass is 477 g/mol. The van der Waals surface area contributed by atoms with Crippen LogP contribution in [0.25, 0.3) is 10.9 Å². The minimum absolute atomic E-state index is 0.0239. The van der Waals surface area contributed by atoms with Crippen molar-refractivity contribution in [1.29, 1.82) is 0 Å². The molecule has 0 unspecified atom stereocenters. The third kappa shape index (κ3) is 4.32. The third-order valence-electron chi connectivity index (χ3n) is 5.87. The lowest BCUT2D eigenvalue weighted by Gasteiger charge is -2.23. The smallest absolute Gasteiger partial charge is 0.383 e. The van der Waals surface area contributed by atoms with E-state index in [1.807, 2.05) is 0 Å². The first-order valence-corrected chi connectivity index (χ1v) is 10.8. The van der Waals surface area contributed by atoms with E-state index in [9.17, 15) is 18.0 Å². The van der Waals surface area contributed by atoms with Gasteiger partial charge in [-0.25, -0.2) is 4.98 Å². The zero-order valence-corrected chi connectivity index (χ0v) is 18.1. The SMILES string of the molecule is Nc1nc2cc(Cl)c(C(=O)N(Cc3ccc(C(F)(F)F)nn3)CC3CC3)cc2c2c1COC2. The Morgan fingerprint density at radius 2 is 1.94 bits per heavy atom. The fourth-order valence-corrected chi connectivity index (χ4v) is 4.19. The van der Waals surface area contributed by atoms with Gasteiger partial charge in [0, 0.05) is 17.5 Å². The molecule has 0 spiro atoms. The van der Waals surface area contributed by atoms with E-state index in [4.69, 9.17) is 22.1 Å². The molecule has 0 atom stereocenters. The maximum absolute atomic E-state index is 13.5. The van der Waals surface area contributed by atoms with E-state index >= 15 is 0 Å². The van der Waals surface area contributed by atoms with Gasteiger partial charge in [-0.2, -0.15) is 18.3 Å². The fourth-order valence-electron chi connectivity index (χ4n) is 3.95. The molecule has 2 aromatic heterocycles. The van der Waals surface area contributed by atoms with Gasteiger partial charge in [-0.3, -0.25) is 4.79 Å². The molecule has 0 radical (unpaired) electrons. The number of anilines is 1. The standard InChI is InChI=1S/C22H19ClF3N5O2/c23-17-6-18-13(15-9-33-10-16(15)20(27)28-18)5-14(17)21(32)31(7-11-1-2-11)8-12-3-4-19(30-29-12)22(24,25)26/h3-6,11H,1-2,7-10H2,(H2,27,28). The predicted octanol–water partition coefficient (Wildman–Crippen LogP) is 4.36. The van der Waals surface area contributed by atoms with E-state index in [-0.39, 0.29) is 28.7 Å². The first-order valence-electron chi connectivity index (χ1n) is 10.4. The van der Waals surface area contributed by atoms with Crippen LogP contribution in [0.3, 0.4) is 0 Å². The van der Waals surface area contributed by atoms with Gasteiger partial charge in [-0.15, -0.1) is 5.10 Å². The molecule has 1 aromatic carbocycles. The minimum atomic E-state index is -4.57. The summed E-state index contributed by atoms with van der Waals surface area (Å²) < 4.78 is 43.9. The molecule has 11 heteroatoms. The van der Waals surface area contributed by atoms with Gasteiger partial charge >= 0.3 is 6.18 Å². The molecule has 33 heavy (non-hydrogen) atoms. The number of carbonyl (C=O) groups is 1. The largest absolute Gasteiger partial charge is 0.435 e. The van der Waals surface area contributed by atoms with E-state index < -0.39 is 11.9 Å². The lowest BCUT2D eigenvalue weighted by molar-refractivity contribution is -0.141. The Balaban J connectivity index is 1.48. The number of amides is 1. The Kier molecular flexibility index (Phi) is 5.37. The highest BCUT2D eigenvalue weighted by Crippen LogP contribution is 2.35. The van der Waals surface area contributed by atoms with Crippen LogP contribution in [-0.4, -0.2) is 32.5 Å². The molecule has 3 heterocycles. The van der Waals surface area contributed by atoms with Crippen molar-refractivity contribution in [3.63, 3.8) is 0 Å². The average molecular weight is 478 g/mol. The number of pyridine rings is 1. The molecule has 3 aromatic rings. The number of rotatable bonds is 5. The summed E-state index contributed by atoms with van der Waals surface area (Å²) in [5.74, 6) is 0.385. The first-order chi connectivity index (χ1) is 15.7. The van der Waals surface area contributed by atoms with Gasteiger partial charge < -0.3 is 15.4 Å². The van der Waals surface area contributed by atoms with Gasteiger partial charge in [0.15, 0.2) is 5.69 Å². The molecule has 2 N–H and O–H groups in total. The molecule has 7 nitrogen and oxygen atoms in total. The summed E-state index contributed by atoms with van der Waals surface area (Å²) in [6.45, 7) is 1.20. The van der Waals surface area contributed by atoms with Gasteiger partial charge in [0.05, 0.1) is 41.6 Å². The normalized spacial score (nSPS) is 15.6. The van der Waals surface area contributed by atoms with Crippen molar-refractivity contribution in [2.75, 3.05) is 12.3 Å². The molecular weight excluding hydrogens is 459 g/mol. The highest BCUT2D eigenvalue weighted by molar-refractivity contribution is 6.34. The lowest BCUT2D eigenvalue weighted by atomic mass is 10.0. The third-order valence-corrected chi connectivity index (χ3v) is 6.19. The number of nitrogens with zero attached hydrogens (tertiary/aromatic N) is 4. The van der Waals surface area contributed by atoms with Crippen LogP contribution in [0.4, 0.5) is 19.0 Å². The van der Waals surface area contributed by atoms with Gasteiger partial charge in [0.2, 0.25) is 0 Å². The number of hydrogen-bond donors (Lipinski definition) is 1. The molecule has 1 saturated carbocycles. The summed E-state index contributed by atoms with van der Waals surface area (Å²) >= 11 is 6.46. The number of nitrogens with two attached hydrogens (primary N) is 1. The van der Waals surface area contributed by atoms with Gasteiger partial charge in [0.1, 0.15) is 5.82 Å². The van der Waals surface area contributed by atoms with Crippen molar-refractivity contribution in [2.45, 2.75) is 38.8 Å². The van der Waals surface area contributed by atoms with E-state index in [2.05, 4.69) is 15.2 Å². The Morgan fingerprint density at radius 1 is 1.18 bits per heavy atom. The minimum Gasteiger partial charge on any atom is -0.383 e. The average Bonchev–Trinajstić information content (AvgIpc) is 3.44. The summed E-state index contributed by atoms with van der Waals surface area (Å²) in [5, 5.41) is 7.90. The van der Waals surface area contributed by atoms with Crippen molar-refractivity contribution >= 4 is 34.2 Å². The van der Waals surface area contributed by atoms with Crippen LogP contribution in [0.1, 0.15) is 45.7 Å². The predicted molar refractivity (Wildman–Crippen MR) is 114 cm³/mol. The molecule has 0 saturated heterocycles. The van der Waals surface area contributed by atoms with E-state index in [1.165, 1.54) is 6.07 Å². The molecule has 1 aliphatic heterocycles. The van der Waals surface area contributed by atoms with Gasteiger partial charge in [-0.1, -0.05) is 11.6 Å². The number of hydrogen-bond acceptors (Lipinski definition) is 6. The molecule has 0 bridgehead atoms. The maximum Gasteiger partial charge on any atom is 0.435 e. The second-order valence-electron chi connectivity index (χ2n) is 8.33. The van der Waals surface area contributed by atoms with Crippen molar-refractivity contribution in [1.82, 2.24) is 20.1 Å². The first kappa shape index (κ1) is 21.8. The summed E-state index contributed by atoms with van der Waals surface area (Å²) in [6, 6.07) is 5.40. The summed E-state index contributed by atoms with van der Waals surface area (Å²) in [6.07, 6.45) is -2.60. The second-order valence-corrected chi connectivity index (χ2v) is 8.74. The zero-order valence-electron chi connectivity index (χ0n) is 17.3. The fraction of sp³-hybridized carbons (Fsp3) is 0.364. The van der Waals surface area contributed by atoms with Crippen LogP contribution in [-0.2, 0) is 30.7 Å². The Labute approximate surface area is 191 Å². The number of halogens is 4. The van der Waals surface area contributed by atoms with Gasteiger partial charge in [0.25, 0.3) is 5.91 Å². The van der Waals surface area contributed by atoms with Crippen molar-refractivity contribution in [3.05, 3.63) is 57.4 Å². The second kappa shape index (κ2) is 8.11. The van der Waals surface area contributed by atoms with Crippen LogP contribution < -0.4 is 5.73 Å². The molecule has 1 fully saturated rings.